The Balaban J connectivity index is 1.76. The minimum Gasteiger partial charge on any atom is -0.507 e. The number of aliphatic hydroxyl groups excluding tert-OH is 1. The standard InChI is InChI=1S/C25H24N2O7/c1-2-19-20(12-16-6-4-3-5-7-16)27(25(33)26-23(19)30)15-34-14-17-8-10-18(11-9-17)21(28)13-22(29)24(31)32/h3-11,13,28H,2,12,14-15H2,1H3,(H,31,32)(H,26,30,33). The Bertz CT molecular complexity index is 1320. The van der Waals surface area contributed by atoms with Gasteiger partial charge in [-0.1, -0.05) is 61.5 Å². The number of benzene rings is 2. The third-order valence-electron chi connectivity index (χ3n) is 5.20. The first-order chi connectivity index (χ1) is 16.3. The van der Waals surface area contributed by atoms with Gasteiger partial charge in [0, 0.05) is 29.3 Å². The monoisotopic (exact) mass is 464 g/mol. The van der Waals surface area contributed by atoms with Crippen LogP contribution in [-0.2, 0) is 40.5 Å². The lowest BCUT2D eigenvalue weighted by Gasteiger charge is -2.16. The molecule has 0 fully saturated rings. The molecule has 2 aromatic carbocycles. The fourth-order valence-electron chi connectivity index (χ4n) is 3.44. The highest BCUT2D eigenvalue weighted by Gasteiger charge is 2.15. The zero-order valence-corrected chi connectivity index (χ0v) is 18.5. The molecule has 34 heavy (non-hydrogen) atoms. The van der Waals surface area contributed by atoms with Crippen LogP contribution in [0, 0.1) is 0 Å². The molecule has 9 nitrogen and oxygen atoms in total. The van der Waals surface area contributed by atoms with Crippen molar-refractivity contribution in [3.8, 4) is 0 Å². The van der Waals surface area contributed by atoms with Gasteiger partial charge >= 0.3 is 11.7 Å². The fraction of sp³-hybridized carbons (Fsp3) is 0.200. The maximum atomic E-state index is 12.5. The summed E-state index contributed by atoms with van der Waals surface area (Å²) in [4.78, 5) is 49.0. The number of aromatic amines is 1. The summed E-state index contributed by atoms with van der Waals surface area (Å²) in [5.41, 5.74) is 2.11. The number of nitrogens with one attached hydrogen (secondary N) is 1. The molecular weight excluding hydrogens is 440 g/mol. The molecule has 1 heterocycles. The van der Waals surface area contributed by atoms with E-state index in [0.717, 1.165) is 11.1 Å². The van der Waals surface area contributed by atoms with Gasteiger partial charge in [0.2, 0.25) is 0 Å². The Morgan fingerprint density at radius 2 is 1.68 bits per heavy atom. The van der Waals surface area contributed by atoms with Crippen LogP contribution in [0.15, 0.2) is 70.3 Å². The predicted molar refractivity (Wildman–Crippen MR) is 124 cm³/mol. The lowest BCUT2D eigenvalue weighted by molar-refractivity contribution is -0.146. The average Bonchev–Trinajstić information content (AvgIpc) is 2.82. The summed E-state index contributed by atoms with van der Waals surface area (Å²) in [7, 11) is 0. The molecule has 1 aromatic heterocycles. The largest absolute Gasteiger partial charge is 0.507 e. The molecular formula is C25H24N2O7. The van der Waals surface area contributed by atoms with E-state index in [1.54, 1.807) is 12.1 Å². The van der Waals surface area contributed by atoms with Gasteiger partial charge in [-0.25, -0.2) is 9.59 Å². The van der Waals surface area contributed by atoms with Crippen LogP contribution in [-0.4, -0.2) is 31.5 Å². The van der Waals surface area contributed by atoms with Crippen LogP contribution in [0.5, 0.6) is 0 Å². The minimum absolute atomic E-state index is 0.0786. The Hall–Kier alpha value is -4.24. The first-order valence-corrected chi connectivity index (χ1v) is 10.5. The van der Waals surface area contributed by atoms with Crippen molar-refractivity contribution < 1.29 is 24.5 Å². The Labute approximate surface area is 194 Å². The van der Waals surface area contributed by atoms with Crippen LogP contribution in [0.1, 0.15) is 34.9 Å². The Kier molecular flexibility index (Phi) is 7.94. The number of ketones is 1. The normalized spacial score (nSPS) is 11.4. The maximum absolute atomic E-state index is 12.5. The van der Waals surface area contributed by atoms with E-state index in [1.165, 1.54) is 16.7 Å². The number of carbonyl (C=O) groups is 2. The molecule has 3 rings (SSSR count). The van der Waals surface area contributed by atoms with Crippen molar-refractivity contribution in [2.75, 3.05) is 0 Å². The van der Waals surface area contributed by atoms with E-state index in [9.17, 15) is 24.3 Å². The number of carboxylic acids is 1. The number of carboxylic acid groups (broad SMARTS) is 1. The third kappa shape index (κ3) is 5.96. The number of hydrogen-bond acceptors (Lipinski definition) is 6. The van der Waals surface area contributed by atoms with Crippen molar-refractivity contribution in [1.29, 1.82) is 0 Å². The van der Waals surface area contributed by atoms with Crippen LogP contribution < -0.4 is 11.2 Å². The van der Waals surface area contributed by atoms with Crippen molar-refractivity contribution >= 4 is 17.5 Å². The molecule has 0 aliphatic carbocycles. The van der Waals surface area contributed by atoms with Gasteiger partial charge in [0.1, 0.15) is 12.5 Å². The molecule has 9 heteroatoms. The van der Waals surface area contributed by atoms with Crippen LogP contribution in [0.4, 0.5) is 0 Å². The molecule has 0 saturated heterocycles. The molecule has 176 valence electrons. The molecule has 3 N–H and O–H groups in total. The highest BCUT2D eigenvalue weighted by atomic mass is 16.5. The number of hydrogen-bond donors (Lipinski definition) is 3. The second-order valence-corrected chi connectivity index (χ2v) is 7.50. The molecule has 0 spiro atoms. The van der Waals surface area contributed by atoms with E-state index in [1.807, 2.05) is 37.3 Å². The lowest BCUT2D eigenvalue weighted by Crippen LogP contribution is -2.36. The number of rotatable bonds is 10. The number of H-pyrrole nitrogens is 1. The first kappa shape index (κ1) is 24.4. The fourth-order valence-corrected chi connectivity index (χ4v) is 3.44. The van der Waals surface area contributed by atoms with E-state index in [0.29, 0.717) is 30.2 Å². The van der Waals surface area contributed by atoms with Gasteiger partial charge in [0.05, 0.1) is 6.61 Å². The summed E-state index contributed by atoms with van der Waals surface area (Å²) >= 11 is 0. The second-order valence-electron chi connectivity index (χ2n) is 7.50. The van der Waals surface area contributed by atoms with E-state index in [4.69, 9.17) is 9.84 Å². The van der Waals surface area contributed by atoms with Gasteiger partial charge in [0.25, 0.3) is 11.3 Å². The zero-order chi connectivity index (χ0) is 24.7. The van der Waals surface area contributed by atoms with Crippen molar-refractivity contribution in [3.05, 3.63) is 109 Å². The number of aliphatic hydroxyl groups is 1. The lowest BCUT2D eigenvalue weighted by atomic mass is 10.0. The summed E-state index contributed by atoms with van der Waals surface area (Å²) in [5, 5.41) is 18.5. The van der Waals surface area contributed by atoms with Gasteiger partial charge in [-0.05, 0) is 17.5 Å². The van der Waals surface area contributed by atoms with Crippen molar-refractivity contribution in [1.82, 2.24) is 9.55 Å². The van der Waals surface area contributed by atoms with Gasteiger partial charge < -0.3 is 14.9 Å². The van der Waals surface area contributed by atoms with Crippen molar-refractivity contribution in [3.63, 3.8) is 0 Å². The Morgan fingerprint density at radius 3 is 2.29 bits per heavy atom. The zero-order valence-electron chi connectivity index (χ0n) is 18.5. The average molecular weight is 464 g/mol. The molecule has 0 unspecified atom stereocenters. The van der Waals surface area contributed by atoms with Crippen molar-refractivity contribution in [2.24, 2.45) is 0 Å². The first-order valence-electron chi connectivity index (χ1n) is 10.5. The van der Waals surface area contributed by atoms with Crippen LogP contribution >= 0.6 is 0 Å². The summed E-state index contributed by atoms with van der Waals surface area (Å²) in [6.45, 7) is 1.91. The third-order valence-corrected chi connectivity index (χ3v) is 5.20. The number of carbonyl (C=O) groups excluding carboxylic acids is 1. The topological polar surface area (TPSA) is 139 Å². The highest BCUT2D eigenvalue weighted by molar-refractivity contribution is 6.38. The van der Waals surface area contributed by atoms with Crippen LogP contribution in [0.2, 0.25) is 0 Å². The molecule has 0 aliphatic rings. The van der Waals surface area contributed by atoms with Gasteiger partial charge in [-0.3, -0.25) is 19.1 Å². The van der Waals surface area contributed by atoms with Crippen molar-refractivity contribution in [2.45, 2.75) is 33.1 Å². The summed E-state index contributed by atoms with van der Waals surface area (Å²) in [6.07, 6.45) is 1.50. The van der Waals surface area contributed by atoms with Crippen LogP contribution in [0.25, 0.3) is 5.76 Å². The number of aromatic nitrogens is 2. The van der Waals surface area contributed by atoms with E-state index in [2.05, 4.69) is 4.98 Å². The summed E-state index contributed by atoms with van der Waals surface area (Å²) in [6, 6.07) is 15.8. The van der Waals surface area contributed by atoms with Gasteiger partial charge in [0.15, 0.2) is 0 Å². The highest BCUT2D eigenvalue weighted by Crippen LogP contribution is 2.15. The molecule has 3 aromatic rings. The number of nitrogens with zero attached hydrogens (tertiary/aromatic N) is 1. The quantitative estimate of drug-likeness (QED) is 0.238. The molecule has 0 aliphatic heterocycles. The molecule has 0 atom stereocenters. The molecule has 0 amide bonds. The molecule has 0 saturated carbocycles. The number of aliphatic carboxylic acids is 1. The van der Waals surface area contributed by atoms with Gasteiger partial charge in [-0.2, -0.15) is 0 Å². The summed E-state index contributed by atoms with van der Waals surface area (Å²) in [5.74, 6) is -3.35. The molecule has 0 bridgehead atoms. The molecule has 0 radical (unpaired) electrons. The van der Waals surface area contributed by atoms with Gasteiger partial charge in [-0.15, -0.1) is 0 Å². The SMILES string of the molecule is CCc1c(Cc2ccccc2)n(COCc2ccc(C(O)=CC(=O)C(=O)O)cc2)c(=O)[nH]c1=O. The maximum Gasteiger partial charge on any atom is 0.376 e. The number of ether oxygens (including phenoxy) is 1. The predicted octanol–water partition coefficient (Wildman–Crippen LogP) is 2.42. The minimum atomic E-state index is -1.66. The summed E-state index contributed by atoms with van der Waals surface area (Å²) < 4.78 is 7.14. The van der Waals surface area contributed by atoms with Crippen LogP contribution in [0.3, 0.4) is 0 Å². The second kappa shape index (κ2) is 11.1. The Morgan fingerprint density at radius 1 is 1.00 bits per heavy atom. The van der Waals surface area contributed by atoms with E-state index in [-0.39, 0.29) is 18.9 Å². The van der Waals surface area contributed by atoms with E-state index < -0.39 is 28.8 Å². The van der Waals surface area contributed by atoms with E-state index >= 15 is 0 Å². The smallest absolute Gasteiger partial charge is 0.376 e.